The second-order valence-electron chi connectivity index (χ2n) is 4.54. The summed E-state index contributed by atoms with van der Waals surface area (Å²) in [6.45, 7) is 0. The number of rotatable bonds is 3. The smallest absolute Gasteiger partial charge is 0.0902 e. The summed E-state index contributed by atoms with van der Waals surface area (Å²) in [6.07, 6.45) is 1.79. The molecule has 2 aromatic carbocycles. The van der Waals surface area contributed by atoms with Crippen LogP contribution in [0.2, 0.25) is 5.02 Å². The summed E-state index contributed by atoms with van der Waals surface area (Å²) in [6, 6.07) is 17.5. The molecule has 0 aliphatic rings. The molecule has 1 atom stereocenters. The van der Waals surface area contributed by atoms with Gasteiger partial charge in [0.25, 0.3) is 0 Å². The number of aromatic nitrogens is 1. The summed E-state index contributed by atoms with van der Waals surface area (Å²) >= 11 is 6.28. The van der Waals surface area contributed by atoms with Gasteiger partial charge in [-0.1, -0.05) is 54.1 Å². The maximum absolute atomic E-state index is 6.28. The Bertz CT molecular complexity index is 737. The third-order valence-corrected chi connectivity index (χ3v) is 3.70. The fourth-order valence-corrected chi connectivity index (χ4v) is 2.64. The van der Waals surface area contributed by atoms with Gasteiger partial charge >= 0.3 is 0 Å². The molecule has 1 heterocycles. The van der Waals surface area contributed by atoms with Crippen LogP contribution in [0.25, 0.3) is 10.8 Å². The molecule has 20 heavy (non-hydrogen) atoms. The highest BCUT2D eigenvalue weighted by Crippen LogP contribution is 2.30. The summed E-state index contributed by atoms with van der Waals surface area (Å²) in [4.78, 5) is 4.49. The Morgan fingerprint density at radius 2 is 1.75 bits per heavy atom. The maximum atomic E-state index is 6.28. The van der Waals surface area contributed by atoms with Gasteiger partial charge in [-0.25, -0.2) is 5.43 Å². The van der Waals surface area contributed by atoms with Crippen LogP contribution in [-0.2, 0) is 0 Å². The number of nitrogens with one attached hydrogen (secondary N) is 1. The predicted molar refractivity (Wildman–Crippen MR) is 82.4 cm³/mol. The van der Waals surface area contributed by atoms with E-state index in [1.807, 2.05) is 48.5 Å². The molecule has 3 nitrogen and oxygen atoms in total. The van der Waals surface area contributed by atoms with E-state index in [-0.39, 0.29) is 6.04 Å². The van der Waals surface area contributed by atoms with Crippen LogP contribution in [0.5, 0.6) is 0 Å². The lowest BCUT2D eigenvalue weighted by atomic mass is 9.99. The molecule has 0 spiro atoms. The quantitative estimate of drug-likeness (QED) is 0.572. The third-order valence-electron chi connectivity index (χ3n) is 3.36. The van der Waals surface area contributed by atoms with Gasteiger partial charge in [0.2, 0.25) is 0 Å². The number of halogens is 1. The van der Waals surface area contributed by atoms with Gasteiger partial charge < -0.3 is 0 Å². The van der Waals surface area contributed by atoms with E-state index in [2.05, 4.69) is 16.5 Å². The zero-order valence-corrected chi connectivity index (χ0v) is 11.5. The van der Waals surface area contributed by atoms with Crippen molar-refractivity contribution in [2.75, 3.05) is 0 Å². The van der Waals surface area contributed by atoms with Gasteiger partial charge in [-0.15, -0.1) is 0 Å². The van der Waals surface area contributed by atoms with Crippen LogP contribution in [-0.4, -0.2) is 4.98 Å². The molecular weight excluding hydrogens is 270 g/mol. The Kier molecular flexibility index (Phi) is 3.65. The Labute approximate surface area is 122 Å². The van der Waals surface area contributed by atoms with E-state index in [0.29, 0.717) is 5.02 Å². The minimum Gasteiger partial charge on any atom is -0.271 e. The number of fused-ring (bicyclic) bond motifs is 1. The largest absolute Gasteiger partial charge is 0.271 e. The van der Waals surface area contributed by atoms with Crippen molar-refractivity contribution in [3.05, 3.63) is 77.1 Å². The molecule has 3 aromatic rings. The van der Waals surface area contributed by atoms with Gasteiger partial charge in [0.1, 0.15) is 0 Å². The molecule has 0 aliphatic heterocycles. The van der Waals surface area contributed by atoms with Crippen LogP contribution in [0.3, 0.4) is 0 Å². The second kappa shape index (κ2) is 5.59. The molecule has 3 N–H and O–H groups in total. The van der Waals surface area contributed by atoms with Crippen LogP contribution in [0, 0.1) is 0 Å². The maximum Gasteiger partial charge on any atom is 0.0902 e. The predicted octanol–water partition coefficient (Wildman–Crippen LogP) is 3.44. The number of hydrazine groups is 1. The van der Waals surface area contributed by atoms with Gasteiger partial charge in [-0.2, -0.15) is 0 Å². The summed E-state index contributed by atoms with van der Waals surface area (Å²) in [5.41, 5.74) is 4.61. The van der Waals surface area contributed by atoms with Crippen molar-refractivity contribution < 1.29 is 0 Å². The zero-order chi connectivity index (χ0) is 13.9. The number of hydrogen-bond acceptors (Lipinski definition) is 3. The SMILES string of the molecule is NNC(c1ccccc1Cl)c1nccc2ccccc12. The monoisotopic (exact) mass is 283 g/mol. The van der Waals surface area contributed by atoms with Crippen molar-refractivity contribution in [1.82, 2.24) is 10.4 Å². The molecule has 1 unspecified atom stereocenters. The minimum absolute atomic E-state index is 0.241. The Morgan fingerprint density at radius 3 is 2.55 bits per heavy atom. The standard InChI is InChI=1S/C16H14ClN3/c17-14-8-4-3-7-13(14)16(20-18)15-12-6-2-1-5-11(12)9-10-19-15/h1-10,16,20H,18H2. The lowest BCUT2D eigenvalue weighted by molar-refractivity contribution is 0.626. The average molecular weight is 284 g/mol. The highest BCUT2D eigenvalue weighted by Gasteiger charge is 2.18. The number of nitrogens with two attached hydrogens (primary N) is 1. The summed E-state index contributed by atoms with van der Waals surface area (Å²) < 4.78 is 0. The molecule has 0 amide bonds. The fourth-order valence-electron chi connectivity index (χ4n) is 2.40. The van der Waals surface area contributed by atoms with Gasteiger partial charge in [-0.05, 0) is 23.1 Å². The molecular formula is C16H14ClN3. The average Bonchev–Trinajstić information content (AvgIpc) is 2.50. The van der Waals surface area contributed by atoms with Gasteiger partial charge in [0, 0.05) is 16.6 Å². The molecule has 1 aromatic heterocycles. The van der Waals surface area contributed by atoms with Crippen molar-refractivity contribution in [2.24, 2.45) is 5.84 Å². The Hall–Kier alpha value is -1.94. The second-order valence-corrected chi connectivity index (χ2v) is 4.95. The first-order valence-corrected chi connectivity index (χ1v) is 6.73. The lowest BCUT2D eigenvalue weighted by Gasteiger charge is -2.18. The summed E-state index contributed by atoms with van der Waals surface area (Å²) in [5, 5.41) is 2.87. The van der Waals surface area contributed by atoms with E-state index in [1.165, 1.54) is 0 Å². The van der Waals surface area contributed by atoms with E-state index in [1.54, 1.807) is 6.20 Å². The number of pyridine rings is 1. The zero-order valence-electron chi connectivity index (χ0n) is 10.8. The molecule has 0 fully saturated rings. The lowest BCUT2D eigenvalue weighted by Crippen LogP contribution is -2.29. The van der Waals surface area contributed by atoms with Crippen molar-refractivity contribution in [2.45, 2.75) is 6.04 Å². The van der Waals surface area contributed by atoms with Crippen LogP contribution < -0.4 is 11.3 Å². The minimum atomic E-state index is -0.241. The summed E-state index contributed by atoms with van der Waals surface area (Å²) in [7, 11) is 0. The first-order chi connectivity index (χ1) is 9.81. The number of hydrogen-bond donors (Lipinski definition) is 2. The van der Waals surface area contributed by atoms with Crippen molar-refractivity contribution in [1.29, 1.82) is 0 Å². The van der Waals surface area contributed by atoms with Gasteiger partial charge in [0.15, 0.2) is 0 Å². The molecule has 0 radical (unpaired) electrons. The first kappa shape index (κ1) is 13.1. The van der Waals surface area contributed by atoms with Crippen molar-refractivity contribution in [3.8, 4) is 0 Å². The van der Waals surface area contributed by atoms with E-state index in [4.69, 9.17) is 17.4 Å². The summed E-state index contributed by atoms with van der Waals surface area (Å²) in [5.74, 6) is 5.75. The molecule has 100 valence electrons. The highest BCUT2D eigenvalue weighted by molar-refractivity contribution is 6.31. The topological polar surface area (TPSA) is 50.9 Å². The van der Waals surface area contributed by atoms with Crippen LogP contribution >= 0.6 is 11.6 Å². The van der Waals surface area contributed by atoms with Crippen LogP contribution in [0.1, 0.15) is 17.3 Å². The van der Waals surface area contributed by atoms with E-state index >= 15 is 0 Å². The van der Waals surface area contributed by atoms with Gasteiger partial charge in [0.05, 0.1) is 11.7 Å². The molecule has 0 saturated carbocycles. The van der Waals surface area contributed by atoms with E-state index in [9.17, 15) is 0 Å². The molecule has 0 bridgehead atoms. The Balaban J connectivity index is 2.20. The molecule has 3 rings (SSSR count). The van der Waals surface area contributed by atoms with Crippen LogP contribution in [0.4, 0.5) is 0 Å². The molecule has 4 heteroatoms. The number of nitrogens with zero attached hydrogens (tertiary/aromatic N) is 1. The molecule has 0 aliphatic carbocycles. The fraction of sp³-hybridized carbons (Fsp3) is 0.0625. The van der Waals surface area contributed by atoms with Crippen molar-refractivity contribution in [3.63, 3.8) is 0 Å². The molecule has 0 saturated heterocycles. The van der Waals surface area contributed by atoms with E-state index in [0.717, 1.165) is 22.0 Å². The highest BCUT2D eigenvalue weighted by atomic mass is 35.5. The normalized spacial score (nSPS) is 12.5. The first-order valence-electron chi connectivity index (χ1n) is 6.35. The Morgan fingerprint density at radius 1 is 1.00 bits per heavy atom. The van der Waals surface area contributed by atoms with Crippen LogP contribution in [0.15, 0.2) is 60.8 Å². The third kappa shape index (κ3) is 2.27. The number of benzene rings is 2. The van der Waals surface area contributed by atoms with Gasteiger partial charge in [-0.3, -0.25) is 10.8 Å². The van der Waals surface area contributed by atoms with E-state index < -0.39 is 0 Å². The van der Waals surface area contributed by atoms with Crippen molar-refractivity contribution >= 4 is 22.4 Å².